The lowest BCUT2D eigenvalue weighted by atomic mass is 10.2. The topological polar surface area (TPSA) is 72.5 Å². The maximum atomic E-state index is 10.4. The third-order valence-corrected chi connectivity index (χ3v) is 0.941. The van der Waals surface area contributed by atoms with E-state index in [9.17, 15) is 4.79 Å². The van der Waals surface area contributed by atoms with Crippen LogP contribution in [0.2, 0.25) is 0 Å². The van der Waals surface area contributed by atoms with Gasteiger partial charge in [-0.3, -0.25) is 0 Å². The highest BCUT2D eigenvalue weighted by molar-refractivity contribution is 5.74. The smallest absolute Gasteiger partial charge is 0.336 e. The molecule has 0 aromatic heterocycles. The summed E-state index contributed by atoms with van der Waals surface area (Å²) in [6.07, 6.45) is -1.20. The molecule has 0 aromatic rings. The summed E-state index contributed by atoms with van der Waals surface area (Å²) in [7, 11) is 1.20. The summed E-state index contributed by atoms with van der Waals surface area (Å²) in [6.45, 7) is 1.53. The van der Waals surface area contributed by atoms with Crippen molar-refractivity contribution in [1.29, 1.82) is 0 Å². The van der Waals surface area contributed by atoms with Crippen molar-refractivity contribution >= 4 is 5.97 Å². The van der Waals surface area contributed by atoms with Crippen molar-refractivity contribution in [2.45, 2.75) is 19.1 Å². The fourth-order valence-electron chi connectivity index (χ4n) is 0.335. The van der Waals surface area contributed by atoms with E-state index >= 15 is 0 Å². The summed E-state index contributed by atoms with van der Waals surface area (Å²) in [5.41, 5.74) is 5.16. The second kappa shape index (κ2) is 3.42. The van der Waals surface area contributed by atoms with Crippen LogP contribution in [0.4, 0.5) is 0 Å². The largest absolute Gasteiger partial charge is 0.467 e. The van der Waals surface area contributed by atoms with Crippen molar-refractivity contribution in [3.8, 4) is 0 Å². The average molecular weight is 133 g/mol. The maximum Gasteiger partial charge on any atom is 0.336 e. The van der Waals surface area contributed by atoms with E-state index in [1.807, 2.05) is 0 Å². The van der Waals surface area contributed by atoms with Gasteiger partial charge in [0.15, 0.2) is 6.10 Å². The van der Waals surface area contributed by atoms with Crippen LogP contribution in [0, 0.1) is 0 Å². The summed E-state index contributed by atoms with van der Waals surface area (Å²) in [5.74, 6) is -0.690. The van der Waals surface area contributed by atoms with Crippen LogP contribution in [-0.4, -0.2) is 30.3 Å². The maximum absolute atomic E-state index is 10.4. The molecule has 3 N–H and O–H groups in total. The SMILES string of the molecule is COC(=O)[C@H](O)[C@H](C)N. The second-order valence-corrected chi connectivity index (χ2v) is 1.83. The number of nitrogens with two attached hydrogens (primary N) is 1. The molecule has 0 aliphatic rings. The molecule has 0 amide bonds. The zero-order chi connectivity index (χ0) is 7.44. The van der Waals surface area contributed by atoms with Gasteiger partial charge < -0.3 is 15.6 Å². The molecule has 4 heteroatoms. The predicted octanol–water partition coefficient (Wildman–Crippen LogP) is -1.13. The molecule has 0 heterocycles. The molecule has 0 aromatic carbocycles. The monoisotopic (exact) mass is 133 g/mol. The molecule has 0 unspecified atom stereocenters. The van der Waals surface area contributed by atoms with Crippen molar-refractivity contribution in [2.75, 3.05) is 7.11 Å². The number of carbonyl (C=O) groups excluding carboxylic acids is 1. The molecule has 0 spiro atoms. The first-order chi connectivity index (χ1) is 4.09. The highest BCUT2D eigenvalue weighted by Crippen LogP contribution is 1.90. The van der Waals surface area contributed by atoms with Gasteiger partial charge in [0.05, 0.1) is 7.11 Å². The predicted molar refractivity (Wildman–Crippen MR) is 31.7 cm³/mol. The second-order valence-electron chi connectivity index (χ2n) is 1.83. The quantitative estimate of drug-likeness (QED) is 0.467. The van der Waals surface area contributed by atoms with Crippen molar-refractivity contribution in [3.63, 3.8) is 0 Å². The Morgan fingerprint density at radius 2 is 2.22 bits per heavy atom. The summed E-state index contributed by atoms with van der Waals surface area (Å²) >= 11 is 0. The minimum atomic E-state index is -1.20. The first-order valence-corrected chi connectivity index (χ1v) is 2.61. The lowest BCUT2D eigenvalue weighted by molar-refractivity contribution is -0.151. The lowest BCUT2D eigenvalue weighted by Crippen LogP contribution is -2.38. The van der Waals surface area contributed by atoms with Gasteiger partial charge in [-0.25, -0.2) is 4.79 Å². The molecular weight excluding hydrogens is 122 g/mol. The third kappa shape index (κ3) is 2.43. The van der Waals surface area contributed by atoms with Crippen LogP contribution in [0.3, 0.4) is 0 Å². The number of carbonyl (C=O) groups is 1. The molecule has 2 atom stereocenters. The minimum absolute atomic E-state index is 0.572. The number of ether oxygens (including phenoxy) is 1. The number of hydrogen-bond donors (Lipinski definition) is 2. The fraction of sp³-hybridized carbons (Fsp3) is 0.800. The number of esters is 1. The zero-order valence-electron chi connectivity index (χ0n) is 5.50. The summed E-state index contributed by atoms with van der Waals surface area (Å²) in [5, 5.41) is 8.80. The van der Waals surface area contributed by atoms with E-state index < -0.39 is 18.1 Å². The number of rotatable bonds is 2. The zero-order valence-corrected chi connectivity index (χ0v) is 5.50. The highest BCUT2D eigenvalue weighted by Gasteiger charge is 2.18. The van der Waals surface area contributed by atoms with Gasteiger partial charge in [-0.05, 0) is 6.92 Å². The molecular formula is C5H11NO3. The average Bonchev–Trinajstić information content (AvgIpc) is 1.84. The van der Waals surface area contributed by atoms with Crippen LogP contribution in [-0.2, 0) is 9.53 Å². The van der Waals surface area contributed by atoms with Gasteiger partial charge in [0.2, 0.25) is 0 Å². The summed E-state index contributed by atoms with van der Waals surface area (Å²) in [6, 6.07) is -0.572. The molecule has 54 valence electrons. The van der Waals surface area contributed by atoms with Gasteiger partial charge in [-0.1, -0.05) is 0 Å². The van der Waals surface area contributed by atoms with E-state index in [1.54, 1.807) is 0 Å². The van der Waals surface area contributed by atoms with Gasteiger partial charge in [0.25, 0.3) is 0 Å². The summed E-state index contributed by atoms with van der Waals surface area (Å²) < 4.78 is 4.20. The van der Waals surface area contributed by atoms with Crippen LogP contribution < -0.4 is 5.73 Å². The van der Waals surface area contributed by atoms with E-state index in [0.717, 1.165) is 0 Å². The van der Waals surface area contributed by atoms with Crippen LogP contribution in [0.5, 0.6) is 0 Å². The van der Waals surface area contributed by atoms with Gasteiger partial charge in [0.1, 0.15) is 0 Å². The van der Waals surface area contributed by atoms with Gasteiger partial charge in [0, 0.05) is 6.04 Å². The fourth-order valence-corrected chi connectivity index (χ4v) is 0.335. The molecule has 0 fully saturated rings. The molecule has 0 saturated carbocycles. The molecule has 0 aliphatic heterocycles. The first kappa shape index (κ1) is 8.39. The van der Waals surface area contributed by atoms with Gasteiger partial charge >= 0.3 is 5.97 Å². The van der Waals surface area contributed by atoms with E-state index in [2.05, 4.69) is 4.74 Å². The Morgan fingerprint density at radius 3 is 2.33 bits per heavy atom. The van der Waals surface area contributed by atoms with Crippen molar-refractivity contribution in [3.05, 3.63) is 0 Å². The highest BCUT2D eigenvalue weighted by atomic mass is 16.5. The van der Waals surface area contributed by atoms with E-state index in [-0.39, 0.29) is 0 Å². The number of methoxy groups -OCH3 is 1. The molecule has 9 heavy (non-hydrogen) atoms. The molecule has 4 nitrogen and oxygen atoms in total. The van der Waals surface area contributed by atoms with E-state index in [4.69, 9.17) is 10.8 Å². The Kier molecular flexibility index (Phi) is 3.19. The Morgan fingerprint density at radius 1 is 1.78 bits per heavy atom. The normalized spacial score (nSPS) is 16.4. The van der Waals surface area contributed by atoms with Crippen LogP contribution in [0.15, 0.2) is 0 Å². The van der Waals surface area contributed by atoms with Crippen LogP contribution in [0.25, 0.3) is 0 Å². The molecule has 0 radical (unpaired) electrons. The lowest BCUT2D eigenvalue weighted by Gasteiger charge is -2.10. The Hall–Kier alpha value is -0.610. The number of aliphatic hydroxyl groups excluding tert-OH is 1. The van der Waals surface area contributed by atoms with E-state index in [0.29, 0.717) is 0 Å². The Bertz CT molecular complexity index is 102. The van der Waals surface area contributed by atoms with Crippen molar-refractivity contribution < 1.29 is 14.6 Å². The van der Waals surface area contributed by atoms with Crippen LogP contribution in [0.1, 0.15) is 6.92 Å². The minimum Gasteiger partial charge on any atom is -0.467 e. The molecule has 0 bridgehead atoms. The van der Waals surface area contributed by atoms with Gasteiger partial charge in [-0.15, -0.1) is 0 Å². The Balaban J connectivity index is 3.72. The molecule has 0 saturated heterocycles. The molecule has 0 rings (SSSR count). The number of aliphatic hydroxyl groups is 1. The summed E-state index contributed by atoms with van der Waals surface area (Å²) in [4.78, 5) is 10.4. The standard InChI is InChI=1S/C5H11NO3/c1-3(6)4(7)5(8)9-2/h3-4,7H,6H2,1-2H3/t3-,4+/m0/s1. The van der Waals surface area contributed by atoms with Crippen molar-refractivity contribution in [2.24, 2.45) is 5.73 Å². The Labute approximate surface area is 53.6 Å². The third-order valence-electron chi connectivity index (χ3n) is 0.941. The number of hydrogen-bond acceptors (Lipinski definition) is 4. The molecule has 0 aliphatic carbocycles. The van der Waals surface area contributed by atoms with Crippen LogP contribution >= 0.6 is 0 Å². The van der Waals surface area contributed by atoms with E-state index in [1.165, 1.54) is 14.0 Å². The first-order valence-electron chi connectivity index (χ1n) is 2.61. The van der Waals surface area contributed by atoms with Gasteiger partial charge in [-0.2, -0.15) is 0 Å². The van der Waals surface area contributed by atoms with Crippen molar-refractivity contribution in [1.82, 2.24) is 0 Å².